The Morgan fingerprint density at radius 1 is 1.39 bits per heavy atom. The molecule has 0 aliphatic rings. The molecule has 6 heteroatoms. The highest BCUT2D eigenvalue weighted by atomic mass is 32.2. The van der Waals surface area contributed by atoms with Crippen LogP contribution in [0, 0.1) is 0 Å². The molecule has 0 unspecified atom stereocenters. The van der Waals surface area contributed by atoms with E-state index in [2.05, 4.69) is 4.98 Å². The smallest absolute Gasteiger partial charge is 0.244 e. The molecule has 0 saturated heterocycles. The van der Waals surface area contributed by atoms with Gasteiger partial charge in [0, 0.05) is 25.0 Å². The third-order valence-electron chi connectivity index (χ3n) is 2.91. The molecule has 1 N–H and O–H groups in total. The van der Waals surface area contributed by atoms with Crippen molar-refractivity contribution in [3.05, 3.63) is 24.5 Å². The molecular weight excluding hydrogens is 252 g/mol. The number of nitrogens with zero attached hydrogens (tertiary/aromatic N) is 2. The van der Waals surface area contributed by atoms with E-state index >= 15 is 0 Å². The van der Waals surface area contributed by atoms with E-state index in [4.69, 9.17) is 5.11 Å². The summed E-state index contributed by atoms with van der Waals surface area (Å²) in [5.41, 5.74) is 0. The van der Waals surface area contributed by atoms with Gasteiger partial charge in [-0.1, -0.05) is 13.8 Å². The first-order valence-electron chi connectivity index (χ1n) is 6.10. The Balaban J connectivity index is 3.12. The van der Waals surface area contributed by atoms with E-state index in [1.54, 1.807) is 6.07 Å². The molecule has 0 atom stereocenters. The number of rotatable bonds is 7. The van der Waals surface area contributed by atoms with Crippen LogP contribution >= 0.6 is 0 Å². The summed E-state index contributed by atoms with van der Waals surface area (Å²) in [6.45, 7) is 3.81. The first kappa shape index (κ1) is 15.1. The lowest BCUT2D eigenvalue weighted by Crippen LogP contribution is -2.41. The number of hydrogen-bond donors (Lipinski definition) is 1. The third kappa shape index (κ3) is 3.28. The van der Waals surface area contributed by atoms with Gasteiger partial charge in [0.1, 0.15) is 4.90 Å². The fourth-order valence-electron chi connectivity index (χ4n) is 1.93. The second kappa shape index (κ2) is 6.82. The lowest BCUT2D eigenvalue weighted by atomic mass is 10.2. The van der Waals surface area contributed by atoms with Crippen LogP contribution in [0.3, 0.4) is 0 Å². The normalized spacial score (nSPS) is 12.3. The minimum atomic E-state index is -3.58. The minimum absolute atomic E-state index is 0.0950. The minimum Gasteiger partial charge on any atom is -0.395 e. The molecule has 1 heterocycles. The maximum absolute atomic E-state index is 12.5. The van der Waals surface area contributed by atoms with E-state index in [0.29, 0.717) is 0 Å². The van der Waals surface area contributed by atoms with Gasteiger partial charge in [-0.2, -0.15) is 4.31 Å². The van der Waals surface area contributed by atoms with Crippen molar-refractivity contribution in [1.29, 1.82) is 0 Å². The fourth-order valence-corrected chi connectivity index (χ4v) is 3.66. The van der Waals surface area contributed by atoms with Gasteiger partial charge in [0.15, 0.2) is 0 Å². The molecule has 0 radical (unpaired) electrons. The monoisotopic (exact) mass is 272 g/mol. The molecule has 0 spiro atoms. The summed E-state index contributed by atoms with van der Waals surface area (Å²) in [6.07, 6.45) is 4.31. The molecule has 18 heavy (non-hydrogen) atoms. The van der Waals surface area contributed by atoms with Gasteiger partial charge in [-0.05, 0) is 25.0 Å². The van der Waals surface area contributed by atoms with Crippen LogP contribution in [0.2, 0.25) is 0 Å². The van der Waals surface area contributed by atoms with Crippen molar-refractivity contribution in [2.45, 2.75) is 37.6 Å². The highest BCUT2D eigenvalue weighted by Crippen LogP contribution is 2.20. The van der Waals surface area contributed by atoms with Crippen LogP contribution < -0.4 is 0 Å². The van der Waals surface area contributed by atoms with E-state index in [0.717, 1.165) is 12.8 Å². The summed E-state index contributed by atoms with van der Waals surface area (Å²) < 4.78 is 26.3. The molecule has 0 saturated carbocycles. The van der Waals surface area contributed by atoms with Gasteiger partial charge in [0.05, 0.1) is 6.61 Å². The van der Waals surface area contributed by atoms with Gasteiger partial charge in [0.2, 0.25) is 10.0 Å². The maximum atomic E-state index is 12.5. The molecule has 0 amide bonds. The van der Waals surface area contributed by atoms with E-state index in [1.807, 2.05) is 13.8 Å². The highest BCUT2D eigenvalue weighted by Gasteiger charge is 2.29. The van der Waals surface area contributed by atoms with Crippen LogP contribution in [0.1, 0.15) is 26.7 Å². The lowest BCUT2D eigenvalue weighted by Gasteiger charge is -2.28. The van der Waals surface area contributed by atoms with Crippen molar-refractivity contribution in [2.24, 2.45) is 0 Å². The number of aliphatic hydroxyl groups is 1. The predicted molar refractivity (Wildman–Crippen MR) is 69.6 cm³/mol. The van der Waals surface area contributed by atoms with Crippen LogP contribution in [0.5, 0.6) is 0 Å². The zero-order valence-electron chi connectivity index (χ0n) is 10.8. The fraction of sp³-hybridized carbons (Fsp3) is 0.583. The van der Waals surface area contributed by atoms with Crippen molar-refractivity contribution in [3.8, 4) is 0 Å². The first-order valence-corrected chi connectivity index (χ1v) is 7.54. The second-order valence-corrected chi connectivity index (χ2v) is 5.89. The van der Waals surface area contributed by atoms with Crippen molar-refractivity contribution in [2.75, 3.05) is 13.2 Å². The number of pyridine rings is 1. The summed E-state index contributed by atoms with van der Waals surface area (Å²) in [4.78, 5) is 4.01. The Kier molecular flexibility index (Phi) is 5.71. The Morgan fingerprint density at radius 3 is 2.50 bits per heavy atom. The highest BCUT2D eigenvalue weighted by molar-refractivity contribution is 7.89. The van der Waals surface area contributed by atoms with Crippen LogP contribution in [-0.2, 0) is 10.0 Å². The van der Waals surface area contributed by atoms with Crippen molar-refractivity contribution >= 4 is 10.0 Å². The standard InChI is InChI=1S/C12H20N2O3S/c1-3-11(4-2)14(8-9-15)18(16,17)12-6-5-7-13-10-12/h5-7,10-11,15H,3-4,8-9H2,1-2H3. The van der Waals surface area contributed by atoms with E-state index in [9.17, 15) is 8.42 Å². The molecule has 0 bridgehead atoms. The molecule has 1 aromatic rings. The summed E-state index contributed by atoms with van der Waals surface area (Å²) >= 11 is 0. The van der Waals surface area contributed by atoms with Gasteiger partial charge in [-0.15, -0.1) is 0 Å². The van der Waals surface area contributed by atoms with Crippen LogP contribution in [0.25, 0.3) is 0 Å². The molecule has 0 aliphatic heterocycles. The van der Waals surface area contributed by atoms with E-state index < -0.39 is 10.0 Å². The SMILES string of the molecule is CCC(CC)N(CCO)S(=O)(=O)c1cccnc1. The quantitative estimate of drug-likeness (QED) is 0.811. The van der Waals surface area contributed by atoms with E-state index in [1.165, 1.54) is 22.8 Å². The maximum Gasteiger partial charge on any atom is 0.244 e. The van der Waals surface area contributed by atoms with Gasteiger partial charge in [-0.25, -0.2) is 8.42 Å². The average Bonchev–Trinajstić information content (AvgIpc) is 2.40. The number of sulfonamides is 1. The zero-order valence-corrected chi connectivity index (χ0v) is 11.6. The third-order valence-corrected chi connectivity index (χ3v) is 4.85. The summed E-state index contributed by atoms with van der Waals surface area (Å²) in [5.74, 6) is 0. The molecule has 0 fully saturated rings. The summed E-state index contributed by atoms with van der Waals surface area (Å²) in [6, 6.07) is 3.02. The molecule has 102 valence electrons. The lowest BCUT2D eigenvalue weighted by molar-refractivity contribution is 0.219. The van der Waals surface area contributed by atoms with Gasteiger partial charge < -0.3 is 5.11 Å². The Hall–Kier alpha value is -0.980. The zero-order chi connectivity index (χ0) is 13.6. The summed E-state index contributed by atoms with van der Waals surface area (Å²) in [7, 11) is -3.58. The average molecular weight is 272 g/mol. The Bertz CT molecular complexity index is 444. The molecule has 5 nitrogen and oxygen atoms in total. The van der Waals surface area contributed by atoms with Crippen LogP contribution in [0.4, 0.5) is 0 Å². The van der Waals surface area contributed by atoms with Gasteiger partial charge >= 0.3 is 0 Å². The van der Waals surface area contributed by atoms with Crippen molar-refractivity contribution < 1.29 is 13.5 Å². The van der Waals surface area contributed by atoms with Crippen molar-refractivity contribution in [1.82, 2.24) is 9.29 Å². The number of aromatic nitrogens is 1. The number of aliphatic hydroxyl groups excluding tert-OH is 1. The topological polar surface area (TPSA) is 70.5 Å². The van der Waals surface area contributed by atoms with Crippen LogP contribution in [0.15, 0.2) is 29.4 Å². The Labute approximate surface area is 109 Å². The van der Waals surface area contributed by atoms with Crippen LogP contribution in [-0.4, -0.2) is 42.0 Å². The summed E-state index contributed by atoms with van der Waals surface area (Å²) in [5, 5.41) is 9.07. The number of hydrogen-bond acceptors (Lipinski definition) is 4. The molecule has 0 aliphatic carbocycles. The largest absolute Gasteiger partial charge is 0.395 e. The molecule has 1 rings (SSSR count). The molecule has 0 aromatic carbocycles. The second-order valence-electron chi connectivity index (χ2n) is 4.00. The van der Waals surface area contributed by atoms with Gasteiger partial charge in [0.25, 0.3) is 0 Å². The first-order chi connectivity index (χ1) is 8.57. The van der Waals surface area contributed by atoms with E-state index in [-0.39, 0.29) is 24.1 Å². The molecular formula is C12H20N2O3S. The predicted octanol–water partition coefficient (Wildman–Crippen LogP) is 1.25. The van der Waals surface area contributed by atoms with Crippen molar-refractivity contribution in [3.63, 3.8) is 0 Å². The Morgan fingerprint density at radius 2 is 2.06 bits per heavy atom. The van der Waals surface area contributed by atoms with Gasteiger partial charge in [-0.3, -0.25) is 4.98 Å². The molecule has 1 aromatic heterocycles.